The summed E-state index contributed by atoms with van der Waals surface area (Å²) in [6, 6.07) is 6.56. The first kappa shape index (κ1) is 9.71. The van der Waals surface area contributed by atoms with Crippen LogP contribution in [-0.4, -0.2) is 23.0 Å². The van der Waals surface area contributed by atoms with Crippen LogP contribution in [0.1, 0.15) is 23.7 Å². The molecule has 15 heavy (non-hydrogen) atoms. The number of aromatic carboxylic acids is 1. The minimum atomic E-state index is -0.954. The van der Waals surface area contributed by atoms with Crippen molar-refractivity contribution in [3.05, 3.63) is 29.8 Å². The lowest BCUT2D eigenvalue weighted by Crippen LogP contribution is -2.51. The molecule has 4 heteroatoms. The van der Waals surface area contributed by atoms with Crippen LogP contribution in [0.2, 0.25) is 0 Å². The zero-order chi connectivity index (χ0) is 11.0. The molecule has 1 N–H and O–H groups in total. The van der Waals surface area contributed by atoms with Crippen molar-refractivity contribution < 1.29 is 14.7 Å². The maximum atomic E-state index is 11.3. The molecule has 1 aliphatic rings. The van der Waals surface area contributed by atoms with Gasteiger partial charge in [0, 0.05) is 18.2 Å². The Balaban J connectivity index is 2.24. The van der Waals surface area contributed by atoms with E-state index in [0.29, 0.717) is 6.42 Å². The van der Waals surface area contributed by atoms with E-state index in [4.69, 9.17) is 5.11 Å². The number of carboxylic acid groups (broad SMARTS) is 1. The molecule has 1 unspecified atom stereocenters. The van der Waals surface area contributed by atoms with E-state index in [9.17, 15) is 9.59 Å². The van der Waals surface area contributed by atoms with Gasteiger partial charge in [-0.3, -0.25) is 4.79 Å². The standard InChI is InChI=1S/C11H11NO3/c1-7-6-10(13)12(7)9-4-2-8(3-5-9)11(14)15/h2-5,7H,6H2,1H3,(H,14,15). The van der Waals surface area contributed by atoms with Crippen LogP contribution in [0.4, 0.5) is 5.69 Å². The lowest BCUT2D eigenvalue weighted by atomic mass is 10.0. The van der Waals surface area contributed by atoms with Crippen molar-refractivity contribution in [3.63, 3.8) is 0 Å². The summed E-state index contributed by atoms with van der Waals surface area (Å²) >= 11 is 0. The summed E-state index contributed by atoms with van der Waals surface area (Å²) in [7, 11) is 0. The predicted octanol–water partition coefficient (Wildman–Crippen LogP) is 1.51. The lowest BCUT2D eigenvalue weighted by molar-refractivity contribution is -0.123. The van der Waals surface area contributed by atoms with Crippen molar-refractivity contribution >= 4 is 17.6 Å². The van der Waals surface area contributed by atoms with E-state index in [1.165, 1.54) is 12.1 Å². The number of nitrogens with zero attached hydrogens (tertiary/aromatic N) is 1. The Morgan fingerprint density at radius 2 is 2.00 bits per heavy atom. The van der Waals surface area contributed by atoms with Crippen LogP contribution in [0, 0.1) is 0 Å². The minimum Gasteiger partial charge on any atom is -0.478 e. The third-order valence-corrected chi connectivity index (χ3v) is 2.57. The van der Waals surface area contributed by atoms with Crippen molar-refractivity contribution in [3.8, 4) is 0 Å². The lowest BCUT2D eigenvalue weighted by Gasteiger charge is -2.38. The van der Waals surface area contributed by atoms with Crippen molar-refractivity contribution in [2.24, 2.45) is 0 Å². The Labute approximate surface area is 87.1 Å². The number of amides is 1. The summed E-state index contributed by atoms with van der Waals surface area (Å²) in [4.78, 5) is 23.6. The molecular weight excluding hydrogens is 194 g/mol. The van der Waals surface area contributed by atoms with Gasteiger partial charge in [0.1, 0.15) is 0 Å². The second kappa shape index (κ2) is 3.38. The monoisotopic (exact) mass is 205 g/mol. The Morgan fingerprint density at radius 3 is 2.40 bits per heavy atom. The summed E-state index contributed by atoms with van der Waals surface area (Å²) in [5.74, 6) is -0.866. The largest absolute Gasteiger partial charge is 0.478 e. The Morgan fingerprint density at radius 1 is 1.40 bits per heavy atom. The Hall–Kier alpha value is -1.84. The van der Waals surface area contributed by atoms with Crippen LogP contribution < -0.4 is 4.90 Å². The van der Waals surface area contributed by atoms with E-state index in [1.807, 2.05) is 6.92 Å². The Bertz CT molecular complexity index is 410. The number of hydrogen-bond acceptors (Lipinski definition) is 2. The minimum absolute atomic E-state index is 0.0885. The fourth-order valence-electron chi connectivity index (χ4n) is 1.74. The average Bonchev–Trinajstić information content (AvgIpc) is 2.18. The molecule has 1 aromatic rings. The number of β-lactam (4-membered cyclic amide) rings is 1. The maximum absolute atomic E-state index is 11.3. The molecule has 0 spiro atoms. The highest BCUT2D eigenvalue weighted by Gasteiger charge is 2.33. The second-order valence-electron chi connectivity index (χ2n) is 3.67. The van der Waals surface area contributed by atoms with Gasteiger partial charge in [-0.1, -0.05) is 0 Å². The van der Waals surface area contributed by atoms with Gasteiger partial charge in [0.2, 0.25) is 5.91 Å². The summed E-state index contributed by atoms with van der Waals surface area (Å²) < 4.78 is 0. The molecule has 1 amide bonds. The number of hydrogen-bond donors (Lipinski definition) is 1. The molecule has 0 aromatic heterocycles. The zero-order valence-corrected chi connectivity index (χ0v) is 8.30. The summed E-state index contributed by atoms with van der Waals surface area (Å²) in [6.07, 6.45) is 0.570. The molecule has 0 saturated carbocycles. The van der Waals surface area contributed by atoms with E-state index in [1.54, 1.807) is 17.0 Å². The van der Waals surface area contributed by atoms with Crippen molar-refractivity contribution in [2.45, 2.75) is 19.4 Å². The summed E-state index contributed by atoms with van der Waals surface area (Å²) in [6.45, 7) is 1.96. The fraction of sp³-hybridized carbons (Fsp3) is 0.273. The molecule has 1 aliphatic heterocycles. The summed E-state index contributed by atoms with van der Waals surface area (Å²) in [5.41, 5.74) is 1.00. The molecule has 0 aliphatic carbocycles. The van der Waals surface area contributed by atoms with Gasteiger partial charge < -0.3 is 10.0 Å². The number of carbonyl (C=O) groups is 2. The molecule has 1 aromatic carbocycles. The normalized spacial score (nSPS) is 19.9. The highest BCUT2D eigenvalue weighted by atomic mass is 16.4. The van der Waals surface area contributed by atoms with E-state index >= 15 is 0 Å². The zero-order valence-electron chi connectivity index (χ0n) is 8.30. The van der Waals surface area contributed by atoms with Gasteiger partial charge in [0.15, 0.2) is 0 Å². The van der Waals surface area contributed by atoms with Gasteiger partial charge in [-0.2, -0.15) is 0 Å². The third-order valence-electron chi connectivity index (χ3n) is 2.57. The van der Waals surface area contributed by atoms with Gasteiger partial charge in [-0.25, -0.2) is 4.79 Å². The molecule has 1 saturated heterocycles. The van der Waals surface area contributed by atoms with Gasteiger partial charge in [-0.15, -0.1) is 0 Å². The van der Waals surface area contributed by atoms with Crippen molar-refractivity contribution in [1.82, 2.24) is 0 Å². The van der Waals surface area contributed by atoms with Crippen LogP contribution in [0.15, 0.2) is 24.3 Å². The topological polar surface area (TPSA) is 57.6 Å². The summed E-state index contributed by atoms with van der Waals surface area (Å²) in [5, 5.41) is 8.71. The van der Waals surface area contributed by atoms with Crippen LogP contribution in [0.5, 0.6) is 0 Å². The molecule has 78 valence electrons. The van der Waals surface area contributed by atoms with Crippen LogP contribution in [0.25, 0.3) is 0 Å². The number of anilines is 1. The average molecular weight is 205 g/mol. The van der Waals surface area contributed by atoms with Crippen LogP contribution in [0.3, 0.4) is 0 Å². The number of carbonyl (C=O) groups excluding carboxylic acids is 1. The quantitative estimate of drug-likeness (QED) is 0.744. The highest BCUT2D eigenvalue weighted by Crippen LogP contribution is 2.27. The molecule has 2 rings (SSSR count). The predicted molar refractivity (Wildman–Crippen MR) is 55.0 cm³/mol. The van der Waals surface area contributed by atoms with Crippen LogP contribution in [-0.2, 0) is 4.79 Å². The van der Waals surface area contributed by atoms with E-state index in [-0.39, 0.29) is 17.5 Å². The first-order valence-corrected chi connectivity index (χ1v) is 4.75. The van der Waals surface area contributed by atoms with Gasteiger partial charge in [0.05, 0.1) is 5.56 Å². The Kier molecular flexibility index (Phi) is 2.19. The fourth-order valence-corrected chi connectivity index (χ4v) is 1.74. The SMILES string of the molecule is CC1CC(=O)N1c1ccc(C(=O)O)cc1. The van der Waals surface area contributed by atoms with Crippen LogP contribution >= 0.6 is 0 Å². The van der Waals surface area contributed by atoms with E-state index < -0.39 is 5.97 Å². The molecule has 4 nitrogen and oxygen atoms in total. The molecule has 1 heterocycles. The maximum Gasteiger partial charge on any atom is 0.335 e. The molecule has 1 atom stereocenters. The smallest absolute Gasteiger partial charge is 0.335 e. The number of rotatable bonds is 2. The van der Waals surface area contributed by atoms with Crippen molar-refractivity contribution in [2.75, 3.05) is 4.90 Å². The van der Waals surface area contributed by atoms with E-state index in [0.717, 1.165) is 5.69 Å². The molecular formula is C11H11NO3. The molecule has 0 bridgehead atoms. The molecule has 1 fully saturated rings. The first-order valence-electron chi connectivity index (χ1n) is 4.75. The van der Waals surface area contributed by atoms with Gasteiger partial charge >= 0.3 is 5.97 Å². The molecule has 0 radical (unpaired) electrons. The van der Waals surface area contributed by atoms with Gasteiger partial charge in [0.25, 0.3) is 0 Å². The number of carboxylic acids is 1. The van der Waals surface area contributed by atoms with E-state index in [2.05, 4.69) is 0 Å². The number of benzene rings is 1. The first-order chi connectivity index (χ1) is 7.09. The second-order valence-corrected chi connectivity index (χ2v) is 3.67. The van der Waals surface area contributed by atoms with Crippen molar-refractivity contribution in [1.29, 1.82) is 0 Å². The third kappa shape index (κ3) is 1.58. The van der Waals surface area contributed by atoms with Gasteiger partial charge in [-0.05, 0) is 31.2 Å². The highest BCUT2D eigenvalue weighted by molar-refractivity contribution is 6.01.